The van der Waals surface area contributed by atoms with Crippen LogP contribution < -0.4 is 0 Å². The lowest BCUT2D eigenvalue weighted by Crippen LogP contribution is -1.94. The molecule has 0 saturated carbocycles. The number of para-hydroxylation sites is 2. The van der Waals surface area contributed by atoms with Gasteiger partial charge in [-0.05, 0) is 58.6 Å². The van der Waals surface area contributed by atoms with Crippen LogP contribution in [0.5, 0.6) is 0 Å². The van der Waals surface area contributed by atoms with Gasteiger partial charge in [0.2, 0.25) is 0 Å². The highest BCUT2D eigenvalue weighted by molar-refractivity contribution is 6.35. The molecule has 0 spiro atoms. The van der Waals surface area contributed by atoms with E-state index in [2.05, 4.69) is 143 Å². The zero-order valence-electron chi connectivity index (χ0n) is 19.6. The lowest BCUT2D eigenvalue weighted by molar-refractivity contribution is 1.13. The summed E-state index contributed by atoms with van der Waals surface area (Å²) in [6.07, 6.45) is 2.20. The minimum atomic E-state index is 1.17. The van der Waals surface area contributed by atoms with Gasteiger partial charge in [0.05, 0.1) is 16.6 Å². The zero-order valence-corrected chi connectivity index (χ0v) is 19.6. The largest absolute Gasteiger partial charge is 0.317 e. The average Bonchev–Trinajstić information content (AvgIpc) is 3.54. The van der Waals surface area contributed by atoms with Crippen LogP contribution in [-0.2, 0) is 0 Å². The summed E-state index contributed by atoms with van der Waals surface area (Å²) in [6.45, 7) is 0. The maximum Gasteiger partial charge on any atom is 0.0626 e. The van der Waals surface area contributed by atoms with Gasteiger partial charge >= 0.3 is 0 Å². The average molecular weight is 459 g/mol. The van der Waals surface area contributed by atoms with Crippen LogP contribution >= 0.6 is 0 Å². The Morgan fingerprint density at radius 2 is 0.917 bits per heavy atom. The predicted molar refractivity (Wildman–Crippen MR) is 153 cm³/mol. The maximum atomic E-state index is 2.46. The van der Waals surface area contributed by atoms with Gasteiger partial charge in [-0.15, -0.1) is 0 Å². The Balaban J connectivity index is 1.67. The van der Waals surface area contributed by atoms with Gasteiger partial charge in [0.25, 0.3) is 0 Å². The Morgan fingerprint density at radius 1 is 0.361 bits per heavy atom. The molecule has 36 heavy (non-hydrogen) atoms. The summed E-state index contributed by atoms with van der Waals surface area (Å²) in [5.74, 6) is 0. The fourth-order valence-corrected chi connectivity index (χ4v) is 6.04. The minimum absolute atomic E-state index is 1.17. The van der Waals surface area contributed by atoms with Gasteiger partial charge in [-0.2, -0.15) is 0 Å². The summed E-state index contributed by atoms with van der Waals surface area (Å²) in [5, 5.41) is 9.07. The quantitative estimate of drug-likeness (QED) is 0.229. The van der Waals surface area contributed by atoms with Crippen molar-refractivity contribution in [2.24, 2.45) is 0 Å². The second-order valence-electron chi connectivity index (χ2n) is 9.40. The SMILES string of the molecule is c1ccc(-n2ccc3c4c5c6ccccc6c6ccccc6c5n(-c5ccccc5)c4ccc32)cc1. The molecular formula is C34H22N2. The molecule has 0 fully saturated rings. The van der Waals surface area contributed by atoms with Gasteiger partial charge in [-0.1, -0.05) is 84.9 Å². The molecule has 2 heterocycles. The number of fused-ring (bicyclic) bond motifs is 10. The number of hydrogen-bond donors (Lipinski definition) is 0. The van der Waals surface area contributed by atoms with Gasteiger partial charge in [0.1, 0.15) is 0 Å². The molecule has 0 saturated heterocycles. The van der Waals surface area contributed by atoms with Crippen LogP contribution in [0.3, 0.4) is 0 Å². The maximum absolute atomic E-state index is 2.46. The summed E-state index contributed by atoms with van der Waals surface area (Å²) < 4.78 is 4.75. The smallest absolute Gasteiger partial charge is 0.0626 e. The molecule has 0 unspecified atom stereocenters. The van der Waals surface area contributed by atoms with Crippen LogP contribution in [0, 0.1) is 0 Å². The molecule has 0 radical (unpaired) electrons. The highest BCUT2D eigenvalue weighted by Crippen LogP contribution is 2.44. The highest BCUT2D eigenvalue weighted by Gasteiger charge is 2.21. The molecule has 0 N–H and O–H groups in total. The first-order chi connectivity index (χ1) is 17.9. The molecule has 2 heteroatoms. The minimum Gasteiger partial charge on any atom is -0.317 e. The number of aromatic nitrogens is 2. The van der Waals surface area contributed by atoms with E-state index in [1.54, 1.807) is 0 Å². The predicted octanol–water partition coefficient (Wildman–Crippen LogP) is 9.03. The zero-order chi connectivity index (χ0) is 23.6. The van der Waals surface area contributed by atoms with E-state index < -0.39 is 0 Å². The molecule has 8 aromatic rings. The molecule has 0 aliphatic heterocycles. The summed E-state index contributed by atoms with van der Waals surface area (Å²) in [5.41, 5.74) is 6.08. The van der Waals surface area contributed by atoms with Crippen LogP contribution in [0.2, 0.25) is 0 Å². The molecule has 168 valence electrons. The van der Waals surface area contributed by atoms with Gasteiger partial charge in [0.15, 0.2) is 0 Å². The van der Waals surface area contributed by atoms with Crippen LogP contribution in [-0.4, -0.2) is 9.13 Å². The lowest BCUT2D eigenvalue weighted by Gasteiger charge is -2.12. The van der Waals surface area contributed by atoms with Gasteiger partial charge < -0.3 is 9.13 Å². The Kier molecular flexibility index (Phi) is 3.97. The van der Waals surface area contributed by atoms with Crippen molar-refractivity contribution in [3.05, 3.63) is 134 Å². The van der Waals surface area contributed by atoms with Crippen LogP contribution in [0.4, 0.5) is 0 Å². The van der Waals surface area contributed by atoms with E-state index in [4.69, 9.17) is 0 Å². The Morgan fingerprint density at radius 3 is 1.64 bits per heavy atom. The Hall–Kier alpha value is -4.82. The molecule has 2 nitrogen and oxygen atoms in total. The molecule has 2 aromatic heterocycles. The second kappa shape index (κ2) is 7.34. The van der Waals surface area contributed by atoms with Crippen molar-refractivity contribution in [2.75, 3.05) is 0 Å². The lowest BCUT2D eigenvalue weighted by atomic mass is 9.96. The Bertz CT molecular complexity index is 2080. The van der Waals surface area contributed by atoms with E-state index in [0.29, 0.717) is 0 Å². The third-order valence-electron chi connectivity index (χ3n) is 7.52. The number of nitrogens with zero attached hydrogens (tertiary/aromatic N) is 2. The van der Waals surface area contributed by atoms with Crippen LogP contribution in [0.15, 0.2) is 134 Å². The molecule has 6 aromatic carbocycles. The standard InChI is InChI=1S/C34H22N2/c1-3-11-23(12-4-1)35-22-21-29-30(35)19-20-31-32(29)33-27-17-9-7-15-25(27)26-16-8-10-18-28(26)34(33)36(31)24-13-5-2-6-14-24/h1-22H. The third-order valence-corrected chi connectivity index (χ3v) is 7.52. The molecular weight excluding hydrogens is 436 g/mol. The molecule has 0 aliphatic rings. The third kappa shape index (κ3) is 2.56. The fourth-order valence-electron chi connectivity index (χ4n) is 6.04. The van der Waals surface area contributed by atoms with Gasteiger partial charge in [-0.3, -0.25) is 0 Å². The topological polar surface area (TPSA) is 9.86 Å². The van der Waals surface area contributed by atoms with Crippen molar-refractivity contribution in [3.63, 3.8) is 0 Å². The van der Waals surface area contributed by atoms with E-state index >= 15 is 0 Å². The monoisotopic (exact) mass is 458 g/mol. The van der Waals surface area contributed by atoms with Crippen LogP contribution in [0.25, 0.3) is 65.6 Å². The molecule has 0 bridgehead atoms. The highest BCUT2D eigenvalue weighted by atomic mass is 15.0. The van der Waals surface area contributed by atoms with Crippen molar-refractivity contribution < 1.29 is 0 Å². The number of hydrogen-bond acceptors (Lipinski definition) is 0. The van der Waals surface area contributed by atoms with Crippen molar-refractivity contribution in [2.45, 2.75) is 0 Å². The van der Waals surface area contributed by atoms with E-state index in [1.807, 2.05) is 0 Å². The van der Waals surface area contributed by atoms with Crippen molar-refractivity contribution in [1.29, 1.82) is 0 Å². The van der Waals surface area contributed by atoms with E-state index in [1.165, 1.54) is 65.6 Å². The molecule has 8 rings (SSSR count). The molecule has 0 aliphatic carbocycles. The van der Waals surface area contributed by atoms with Crippen molar-refractivity contribution >= 4 is 54.3 Å². The Labute approximate surface area is 208 Å². The van der Waals surface area contributed by atoms with Crippen LogP contribution in [0.1, 0.15) is 0 Å². The van der Waals surface area contributed by atoms with Gasteiger partial charge in [0, 0.05) is 39.1 Å². The van der Waals surface area contributed by atoms with Crippen molar-refractivity contribution in [3.8, 4) is 11.4 Å². The normalized spacial score (nSPS) is 11.9. The van der Waals surface area contributed by atoms with Crippen molar-refractivity contribution in [1.82, 2.24) is 9.13 Å². The van der Waals surface area contributed by atoms with Gasteiger partial charge in [-0.25, -0.2) is 0 Å². The first-order valence-corrected chi connectivity index (χ1v) is 12.4. The summed E-state index contributed by atoms with van der Waals surface area (Å²) >= 11 is 0. The fraction of sp³-hybridized carbons (Fsp3) is 0. The first kappa shape index (κ1) is 19.5. The summed E-state index contributed by atoms with van der Waals surface area (Å²) in [4.78, 5) is 0. The molecule has 0 atom stereocenters. The summed E-state index contributed by atoms with van der Waals surface area (Å²) in [6, 6.07) is 45.9. The summed E-state index contributed by atoms with van der Waals surface area (Å²) in [7, 11) is 0. The molecule has 0 amide bonds. The van der Waals surface area contributed by atoms with E-state index in [0.717, 1.165) is 0 Å². The van der Waals surface area contributed by atoms with E-state index in [-0.39, 0.29) is 0 Å². The van der Waals surface area contributed by atoms with E-state index in [9.17, 15) is 0 Å². The second-order valence-corrected chi connectivity index (χ2v) is 9.40. The first-order valence-electron chi connectivity index (χ1n) is 12.4. The number of benzene rings is 6. The number of rotatable bonds is 2.